The van der Waals surface area contributed by atoms with Crippen LogP contribution in [0.15, 0.2) is 60.0 Å². The van der Waals surface area contributed by atoms with Crippen molar-refractivity contribution in [3.63, 3.8) is 0 Å². The SMILES string of the molecule is CCOc1ccc(-c2nc(CC(=O)N(C)Cc3ccccc3)cs2)cc1. The van der Waals surface area contributed by atoms with E-state index in [9.17, 15) is 4.79 Å². The largest absolute Gasteiger partial charge is 0.494 e. The van der Waals surface area contributed by atoms with Gasteiger partial charge in [0.25, 0.3) is 0 Å². The van der Waals surface area contributed by atoms with Gasteiger partial charge in [0.2, 0.25) is 5.91 Å². The minimum atomic E-state index is 0.0670. The Labute approximate surface area is 158 Å². The van der Waals surface area contributed by atoms with Crippen LogP contribution in [0, 0.1) is 0 Å². The lowest BCUT2D eigenvalue weighted by Crippen LogP contribution is -2.27. The van der Waals surface area contributed by atoms with Crippen molar-refractivity contribution in [3.05, 3.63) is 71.2 Å². The van der Waals surface area contributed by atoms with Gasteiger partial charge in [0, 0.05) is 24.5 Å². The van der Waals surface area contributed by atoms with Gasteiger partial charge in [-0.15, -0.1) is 11.3 Å². The number of ether oxygens (including phenoxy) is 1. The van der Waals surface area contributed by atoms with Crippen LogP contribution in [0.4, 0.5) is 0 Å². The van der Waals surface area contributed by atoms with E-state index in [4.69, 9.17) is 4.74 Å². The van der Waals surface area contributed by atoms with E-state index in [-0.39, 0.29) is 5.91 Å². The lowest BCUT2D eigenvalue weighted by molar-refractivity contribution is -0.129. The van der Waals surface area contributed by atoms with E-state index >= 15 is 0 Å². The molecule has 2 aromatic carbocycles. The number of aromatic nitrogens is 1. The third-order valence-electron chi connectivity index (χ3n) is 3.98. The quantitative estimate of drug-likeness (QED) is 0.622. The van der Waals surface area contributed by atoms with Crippen LogP contribution in [-0.4, -0.2) is 29.4 Å². The molecular formula is C21H22N2O2S. The molecule has 1 aromatic heterocycles. The van der Waals surface area contributed by atoms with Crippen molar-refractivity contribution in [1.82, 2.24) is 9.88 Å². The third kappa shape index (κ3) is 4.70. The minimum absolute atomic E-state index is 0.0670. The first-order valence-electron chi connectivity index (χ1n) is 8.61. The Balaban J connectivity index is 1.61. The monoisotopic (exact) mass is 366 g/mol. The Morgan fingerprint density at radius 1 is 1.12 bits per heavy atom. The molecule has 0 saturated carbocycles. The number of benzene rings is 2. The molecule has 4 nitrogen and oxygen atoms in total. The van der Waals surface area contributed by atoms with Gasteiger partial charge >= 0.3 is 0 Å². The Hall–Kier alpha value is -2.66. The maximum atomic E-state index is 12.5. The highest BCUT2D eigenvalue weighted by Gasteiger charge is 2.13. The first kappa shape index (κ1) is 18.1. The second-order valence-corrected chi connectivity index (χ2v) is 6.87. The normalized spacial score (nSPS) is 10.5. The molecule has 0 N–H and O–H groups in total. The van der Waals surface area contributed by atoms with E-state index in [1.165, 1.54) is 0 Å². The minimum Gasteiger partial charge on any atom is -0.494 e. The molecule has 0 unspecified atom stereocenters. The summed E-state index contributed by atoms with van der Waals surface area (Å²) in [4.78, 5) is 18.8. The van der Waals surface area contributed by atoms with Crippen LogP contribution < -0.4 is 4.74 Å². The average molecular weight is 366 g/mol. The van der Waals surface area contributed by atoms with Crippen molar-refractivity contribution < 1.29 is 9.53 Å². The molecule has 5 heteroatoms. The molecule has 0 radical (unpaired) electrons. The second-order valence-electron chi connectivity index (χ2n) is 6.01. The molecule has 1 amide bonds. The zero-order valence-electron chi connectivity index (χ0n) is 15.0. The van der Waals surface area contributed by atoms with Gasteiger partial charge in [-0.1, -0.05) is 30.3 Å². The molecule has 26 heavy (non-hydrogen) atoms. The number of likely N-dealkylation sites (N-methyl/N-ethyl adjacent to an activating group) is 1. The number of hydrogen-bond donors (Lipinski definition) is 0. The van der Waals surface area contributed by atoms with Gasteiger partial charge in [0.1, 0.15) is 10.8 Å². The summed E-state index contributed by atoms with van der Waals surface area (Å²) in [5.74, 6) is 0.920. The van der Waals surface area contributed by atoms with E-state index in [2.05, 4.69) is 4.98 Å². The Kier molecular flexibility index (Phi) is 6.02. The topological polar surface area (TPSA) is 42.4 Å². The standard InChI is InChI=1S/C21H22N2O2S/c1-3-25-19-11-9-17(10-12-19)21-22-18(15-26-21)13-20(24)23(2)14-16-7-5-4-6-8-16/h4-12,15H,3,13-14H2,1-2H3. The van der Waals surface area contributed by atoms with Gasteiger partial charge in [0.05, 0.1) is 18.7 Å². The highest BCUT2D eigenvalue weighted by atomic mass is 32.1. The summed E-state index contributed by atoms with van der Waals surface area (Å²) < 4.78 is 5.46. The van der Waals surface area contributed by atoms with Gasteiger partial charge in [-0.25, -0.2) is 4.98 Å². The van der Waals surface area contributed by atoms with Crippen molar-refractivity contribution >= 4 is 17.2 Å². The molecule has 3 rings (SSSR count). The Morgan fingerprint density at radius 3 is 2.54 bits per heavy atom. The number of carbonyl (C=O) groups is 1. The number of carbonyl (C=O) groups excluding carboxylic acids is 1. The lowest BCUT2D eigenvalue weighted by atomic mass is 10.2. The van der Waals surface area contributed by atoms with Crippen LogP contribution in [0.1, 0.15) is 18.2 Å². The molecule has 0 fully saturated rings. The number of nitrogens with zero attached hydrogens (tertiary/aromatic N) is 2. The highest BCUT2D eigenvalue weighted by Crippen LogP contribution is 2.26. The molecule has 134 valence electrons. The summed E-state index contributed by atoms with van der Waals surface area (Å²) in [5, 5.41) is 2.88. The zero-order valence-corrected chi connectivity index (χ0v) is 15.8. The summed E-state index contributed by atoms with van der Waals surface area (Å²) in [7, 11) is 1.83. The van der Waals surface area contributed by atoms with Crippen LogP contribution in [0.3, 0.4) is 0 Å². The molecule has 3 aromatic rings. The second kappa shape index (κ2) is 8.63. The predicted octanol–water partition coefficient (Wildman–Crippen LogP) is 4.41. The summed E-state index contributed by atoms with van der Waals surface area (Å²) in [6.45, 7) is 3.22. The van der Waals surface area contributed by atoms with Crippen LogP contribution >= 0.6 is 11.3 Å². The number of hydrogen-bond acceptors (Lipinski definition) is 4. The fourth-order valence-electron chi connectivity index (χ4n) is 2.62. The summed E-state index contributed by atoms with van der Waals surface area (Å²) in [6, 6.07) is 17.9. The van der Waals surface area contributed by atoms with E-state index in [0.29, 0.717) is 19.6 Å². The maximum absolute atomic E-state index is 12.5. The molecular weight excluding hydrogens is 344 g/mol. The predicted molar refractivity (Wildman–Crippen MR) is 105 cm³/mol. The molecule has 0 bridgehead atoms. The van der Waals surface area contributed by atoms with Crippen molar-refractivity contribution in [3.8, 4) is 16.3 Å². The van der Waals surface area contributed by atoms with Crippen molar-refractivity contribution in [2.45, 2.75) is 19.9 Å². The smallest absolute Gasteiger partial charge is 0.228 e. The molecule has 1 heterocycles. The van der Waals surface area contributed by atoms with Crippen molar-refractivity contribution in [2.24, 2.45) is 0 Å². The van der Waals surface area contributed by atoms with Crippen LogP contribution in [0.5, 0.6) is 5.75 Å². The van der Waals surface area contributed by atoms with E-state index in [0.717, 1.165) is 27.6 Å². The van der Waals surface area contributed by atoms with Crippen molar-refractivity contribution in [2.75, 3.05) is 13.7 Å². The number of rotatable bonds is 7. The summed E-state index contributed by atoms with van der Waals surface area (Å²) >= 11 is 1.56. The van der Waals surface area contributed by atoms with Gasteiger partial charge in [-0.05, 0) is 36.8 Å². The first-order valence-corrected chi connectivity index (χ1v) is 9.49. The van der Waals surface area contributed by atoms with Gasteiger partial charge in [-0.3, -0.25) is 4.79 Å². The van der Waals surface area contributed by atoms with E-state index in [1.807, 2.05) is 73.9 Å². The molecule has 0 aliphatic heterocycles. The van der Waals surface area contributed by atoms with Gasteiger partial charge in [-0.2, -0.15) is 0 Å². The first-order chi connectivity index (χ1) is 12.7. The van der Waals surface area contributed by atoms with E-state index < -0.39 is 0 Å². The Morgan fingerprint density at radius 2 is 1.85 bits per heavy atom. The summed E-state index contributed by atoms with van der Waals surface area (Å²) in [6.07, 6.45) is 0.316. The molecule has 0 atom stereocenters. The average Bonchev–Trinajstić information content (AvgIpc) is 3.12. The fourth-order valence-corrected chi connectivity index (χ4v) is 3.44. The van der Waals surface area contributed by atoms with Gasteiger partial charge < -0.3 is 9.64 Å². The van der Waals surface area contributed by atoms with E-state index in [1.54, 1.807) is 16.2 Å². The lowest BCUT2D eigenvalue weighted by Gasteiger charge is -2.16. The Bertz CT molecular complexity index is 844. The highest BCUT2D eigenvalue weighted by molar-refractivity contribution is 7.13. The van der Waals surface area contributed by atoms with Crippen LogP contribution in [-0.2, 0) is 17.8 Å². The van der Waals surface area contributed by atoms with Gasteiger partial charge in [0.15, 0.2) is 0 Å². The third-order valence-corrected chi connectivity index (χ3v) is 4.92. The number of thiazole rings is 1. The molecule has 0 saturated heterocycles. The summed E-state index contributed by atoms with van der Waals surface area (Å²) in [5.41, 5.74) is 2.97. The molecule has 0 spiro atoms. The van der Waals surface area contributed by atoms with Crippen LogP contribution in [0.25, 0.3) is 10.6 Å². The maximum Gasteiger partial charge on any atom is 0.228 e. The molecule has 0 aliphatic rings. The van der Waals surface area contributed by atoms with Crippen LogP contribution in [0.2, 0.25) is 0 Å². The zero-order chi connectivity index (χ0) is 18.4. The number of amides is 1. The fraction of sp³-hybridized carbons (Fsp3) is 0.238. The van der Waals surface area contributed by atoms with Crippen molar-refractivity contribution in [1.29, 1.82) is 0 Å². The molecule has 0 aliphatic carbocycles.